The number of aromatic hydroxyl groups is 1. The summed E-state index contributed by atoms with van der Waals surface area (Å²) in [7, 11) is 0. The SMILES string of the molecule is [N-]=C(N[NH3+])c1ccc(NC(=O)c2c(O)[nH]c(=S)[nH]c2=O)cc1. The van der Waals surface area contributed by atoms with Crippen molar-refractivity contribution in [1.29, 1.82) is 0 Å². The molecule has 0 aliphatic rings. The largest absolute Gasteiger partial charge is 0.494 e. The van der Waals surface area contributed by atoms with Crippen molar-refractivity contribution in [3.05, 3.63) is 55.9 Å². The number of amidine groups is 1. The average molecular weight is 320 g/mol. The number of quaternary nitrogens is 1. The number of nitrogens with zero attached hydrogens (tertiary/aromatic N) is 1. The van der Waals surface area contributed by atoms with Crippen LogP contribution in [0.15, 0.2) is 29.1 Å². The molecule has 0 aliphatic carbocycles. The van der Waals surface area contributed by atoms with Gasteiger partial charge >= 0.3 is 0 Å². The fourth-order valence-electron chi connectivity index (χ4n) is 1.69. The number of rotatable bonds is 3. The molecule has 1 amide bonds. The second-order valence-corrected chi connectivity index (χ2v) is 4.60. The molecule has 10 heteroatoms. The normalized spacial score (nSPS) is 10.0. The lowest BCUT2D eigenvalue weighted by molar-refractivity contribution is -0.418. The van der Waals surface area contributed by atoms with Gasteiger partial charge < -0.3 is 32.1 Å². The predicted octanol–water partition coefficient (Wildman–Crippen LogP) is -0.547. The van der Waals surface area contributed by atoms with Crippen LogP contribution >= 0.6 is 12.2 Å². The molecule has 22 heavy (non-hydrogen) atoms. The van der Waals surface area contributed by atoms with Crippen LogP contribution in [0.25, 0.3) is 5.41 Å². The van der Waals surface area contributed by atoms with E-state index in [1.54, 1.807) is 0 Å². The van der Waals surface area contributed by atoms with Crippen LogP contribution in [0, 0.1) is 4.77 Å². The van der Waals surface area contributed by atoms with Crippen LogP contribution in [0.1, 0.15) is 15.9 Å². The standard InChI is InChI=1S/C12H11N6O3S/c13-8(18-14)5-1-3-6(4-2-5)15-9(19)7-10(20)16-12(22)17-11(7)21/h1-4H,14H2,(H5-,13,15,16,17,18,19,20,21,22)/q-1/p+1. The molecule has 0 bridgehead atoms. The minimum atomic E-state index is -0.804. The van der Waals surface area contributed by atoms with Gasteiger partial charge in [0.1, 0.15) is 0 Å². The number of carbonyl (C=O) groups is 1. The molecule has 0 saturated carbocycles. The molecular formula is C12H12N6O3S. The highest BCUT2D eigenvalue weighted by atomic mass is 32.1. The van der Waals surface area contributed by atoms with Gasteiger partial charge in [0.25, 0.3) is 11.5 Å². The molecule has 0 radical (unpaired) electrons. The first-order valence-corrected chi connectivity index (χ1v) is 6.39. The number of aromatic amines is 2. The summed E-state index contributed by atoms with van der Waals surface area (Å²) in [5.41, 5.74) is 1.88. The second-order valence-electron chi connectivity index (χ2n) is 4.19. The van der Waals surface area contributed by atoms with E-state index in [1.165, 1.54) is 24.3 Å². The molecule has 0 fully saturated rings. The summed E-state index contributed by atoms with van der Waals surface area (Å²) in [6, 6.07) is 6.09. The highest BCUT2D eigenvalue weighted by Crippen LogP contribution is 2.13. The Hall–Kier alpha value is -2.98. The van der Waals surface area contributed by atoms with Crippen molar-refractivity contribution < 1.29 is 15.7 Å². The van der Waals surface area contributed by atoms with Crippen LogP contribution in [0.4, 0.5) is 5.69 Å². The van der Waals surface area contributed by atoms with Crippen LogP contribution in [-0.4, -0.2) is 26.8 Å². The fraction of sp³-hybridized carbons (Fsp3) is 0. The van der Waals surface area contributed by atoms with Crippen molar-refractivity contribution in [3.8, 4) is 5.88 Å². The monoisotopic (exact) mass is 320 g/mol. The highest BCUT2D eigenvalue weighted by molar-refractivity contribution is 7.71. The van der Waals surface area contributed by atoms with Crippen molar-refractivity contribution in [2.45, 2.75) is 0 Å². The Kier molecular flexibility index (Phi) is 4.34. The number of benzene rings is 1. The van der Waals surface area contributed by atoms with Crippen molar-refractivity contribution in [1.82, 2.24) is 15.4 Å². The molecule has 9 nitrogen and oxygen atoms in total. The first kappa shape index (κ1) is 15.4. The van der Waals surface area contributed by atoms with Gasteiger partial charge in [-0.2, -0.15) is 0 Å². The first-order chi connectivity index (χ1) is 10.4. The van der Waals surface area contributed by atoms with Crippen molar-refractivity contribution in [3.63, 3.8) is 0 Å². The lowest BCUT2D eigenvalue weighted by Crippen LogP contribution is -2.67. The number of carbonyl (C=O) groups excluding carboxylic acids is 1. The number of aromatic nitrogens is 2. The molecule has 1 aromatic carbocycles. The van der Waals surface area contributed by atoms with Crippen molar-refractivity contribution in [2.24, 2.45) is 0 Å². The first-order valence-electron chi connectivity index (χ1n) is 5.98. The minimum absolute atomic E-state index is 0.0879. The third-order valence-electron chi connectivity index (χ3n) is 2.73. The molecule has 2 rings (SSSR count). The summed E-state index contributed by atoms with van der Waals surface area (Å²) in [5, 5.41) is 21.5. The zero-order valence-electron chi connectivity index (χ0n) is 11.1. The van der Waals surface area contributed by atoms with Gasteiger partial charge in [0.2, 0.25) is 5.88 Å². The van der Waals surface area contributed by atoms with E-state index in [-0.39, 0.29) is 10.6 Å². The Bertz CT molecular complexity index is 839. The summed E-state index contributed by atoms with van der Waals surface area (Å²) in [6.45, 7) is 0. The van der Waals surface area contributed by atoms with Gasteiger partial charge in [-0.05, 0) is 35.7 Å². The molecule has 0 saturated heterocycles. The van der Waals surface area contributed by atoms with Crippen molar-refractivity contribution in [2.75, 3.05) is 5.32 Å². The number of H-pyrrole nitrogens is 2. The van der Waals surface area contributed by atoms with Crippen LogP contribution in [0.2, 0.25) is 0 Å². The lowest BCUT2D eigenvalue weighted by atomic mass is 10.2. The quantitative estimate of drug-likeness (QED) is 0.193. The van der Waals surface area contributed by atoms with E-state index in [9.17, 15) is 20.1 Å². The van der Waals surface area contributed by atoms with Crippen molar-refractivity contribution >= 4 is 29.6 Å². The average Bonchev–Trinajstić information content (AvgIpc) is 2.46. The Morgan fingerprint density at radius 2 is 1.91 bits per heavy atom. The van der Waals surface area contributed by atoms with E-state index in [0.717, 1.165) is 0 Å². The fourth-order valence-corrected chi connectivity index (χ4v) is 1.88. The summed E-state index contributed by atoms with van der Waals surface area (Å²) < 4.78 is -0.0879. The molecular weight excluding hydrogens is 308 g/mol. The summed E-state index contributed by atoms with van der Waals surface area (Å²) in [5.74, 6) is 1.77. The van der Waals surface area contributed by atoms with E-state index >= 15 is 0 Å². The van der Waals surface area contributed by atoms with Crippen LogP contribution in [0.3, 0.4) is 0 Å². The lowest BCUT2D eigenvalue weighted by Gasteiger charge is -2.10. The predicted molar refractivity (Wildman–Crippen MR) is 81.8 cm³/mol. The van der Waals surface area contributed by atoms with E-state index in [1.807, 2.05) is 0 Å². The topological polar surface area (TPSA) is 160 Å². The molecule has 0 aliphatic heterocycles. The van der Waals surface area contributed by atoms with Gasteiger partial charge in [-0.1, -0.05) is 12.1 Å². The Morgan fingerprint density at radius 1 is 1.27 bits per heavy atom. The van der Waals surface area contributed by atoms with Gasteiger partial charge in [-0.3, -0.25) is 14.6 Å². The van der Waals surface area contributed by atoms with E-state index < -0.39 is 22.9 Å². The summed E-state index contributed by atoms with van der Waals surface area (Å²) in [4.78, 5) is 28.2. The van der Waals surface area contributed by atoms with E-state index in [2.05, 4.69) is 38.8 Å². The number of hydrogen-bond acceptors (Lipinski definition) is 4. The number of nitrogens with one attached hydrogen (secondary N) is 4. The van der Waals surface area contributed by atoms with Crippen LogP contribution in [-0.2, 0) is 0 Å². The number of anilines is 1. The number of amides is 1. The van der Waals surface area contributed by atoms with Gasteiger partial charge in [0.15, 0.2) is 10.3 Å². The molecule has 8 N–H and O–H groups in total. The smallest absolute Gasteiger partial charge is 0.268 e. The Balaban J connectivity index is 2.24. The summed E-state index contributed by atoms with van der Waals surface area (Å²) >= 11 is 4.67. The van der Waals surface area contributed by atoms with Crippen LogP contribution < -0.4 is 22.1 Å². The molecule has 1 heterocycles. The maximum atomic E-state index is 12.0. The van der Waals surface area contributed by atoms with Gasteiger partial charge in [0.05, 0.1) is 0 Å². The van der Waals surface area contributed by atoms with E-state index in [4.69, 9.17) is 0 Å². The van der Waals surface area contributed by atoms with Gasteiger partial charge in [0, 0.05) is 5.69 Å². The zero-order valence-corrected chi connectivity index (χ0v) is 12.0. The van der Waals surface area contributed by atoms with E-state index in [0.29, 0.717) is 11.3 Å². The second kappa shape index (κ2) is 6.20. The number of hydrogen-bond donors (Lipinski definition) is 6. The maximum Gasteiger partial charge on any atom is 0.268 e. The highest BCUT2D eigenvalue weighted by Gasteiger charge is 2.17. The summed E-state index contributed by atoms with van der Waals surface area (Å²) in [6.07, 6.45) is 0. The van der Waals surface area contributed by atoms with Gasteiger partial charge in [-0.15, -0.1) is 0 Å². The third-order valence-corrected chi connectivity index (χ3v) is 2.94. The molecule has 0 unspecified atom stereocenters. The zero-order chi connectivity index (χ0) is 16.3. The molecule has 2 aromatic rings. The molecule has 114 valence electrons. The Labute approximate surface area is 128 Å². The van der Waals surface area contributed by atoms with Gasteiger partial charge in [-0.25, -0.2) is 0 Å². The minimum Gasteiger partial charge on any atom is -0.494 e. The Morgan fingerprint density at radius 3 is 2.45 bits per heavy atom. The third kappa shape index (κ3) is 3.19. The molecule has 1 aromatic heterocycles. The van der Waals surface area contributed by atoms with Crippen LogP contribution in [0.5, 0.6) is 5.88 Å². The maximum absolute atomic E-state index is 12.0. The molecule has 0 atom stereocenters. The molecule has 0 spiro atoms.